The molecule has 5 heteroatoms. The van der Waals surface area contributed by atoms with Gasteiger partial charge in [-0.1, -0.05) is 54.6 Å². The second kappa shape index (κ2) is 11.2. The molecular weight excluding hydrogens is 378 g/mol. The van der Waals surface area contributed by atoms with Crippen molar-refractivity contribution in [1.82, 2.24) is 4.90 Å². The monoisotopic (exact) mass is 407 g/mol. The number of morpholine rings is 1. The summed E-state index contributed by atoms with van der Waals surface area (Å²) in [5, 5.41) is 0. The van der Waals surface area contributed by atoms with Crippen LogP contribution in [0.3, 0.4) is 0 Å². The lowest BCUT2D eigenvalue weighted by Crippen LogP contribution is -2.40. The van der Waals surface area contributed by atoms with Crippen molar-refractivity contribution in [3.05, 3.63) is 71.8 Å². The van der Waals surface area contributed by atoms with E-state index < -0.39 is 0 Å². The SMILES string of the molecule is CCOc1ccc(C(C=Cc2ccccc2)=CCC(=O)N2CCOCC2)cc1OC. The van der Waals surface area contributed by atoms with Crippen molar-refractivity contribution in [3.8, 4) is 11.5 Å². The van der Waals surface area contributed by atoms with Crippen molar-refractivity contribution in [2.24, 2.45) is 0 Å². The third-order valence-electron chi connectivity index (χ3n) is 4.91. The summed E-state index contributed by atoms with van der Waals surface area (Å²) in [5.74, 6) is 1.49. The average Bonchev–Trinajstić information content (AvgIpc) is 2.80. The maximum absolute atomic E-state index is 12.6. The zero-order valence-corrected chi connectivity index (χ0v) is 17.7. The predicted octanol–water partition coefficient (Wildman–Crippen LogP) is 4.44. The molecule has 0 radical (unpaired) electrons. The number of amides is 1. The molecule has 158 valence electrons. The van der Waals surface area contributed by atoms with Gasteiger partial charge >= 0.3 is 0 Å². The van der Waals surface area contributed by atoms with Crippen LogP contribution in [0, 0.1) is 0 Å². The molecule has 1 heterocycles. The van der Waals surface area contributed by atoms with Crippen molar-refractivity contribution < 1.29 is 19.0 Å². The van der Waals surface area contributed by atoms with Crippen LogP contribution in [0.4, 0.5) is 0 Å². The van der Waals surface area contributed by atoms with E-state index in [0.29, 0.717) is 50.8 Å². The zero-order chi connectivity index (χ0) is 21.2. The van der Waals surface area contributed by atoms with Crippen molar-refractivity contribution in [2.75, 3.05) is 40.0 Å². The fourth-order valence-electron chi connectivity index (χ4n) is 3.29. The molecule has 1 aliphatic rings. The summed E-state index contributed by atoms with van der Waals surface area (Å²) in [4.78, 5) is 14.5. The Morgan fingerprint density at radius 2 is 1.87 bits per heavy atom. The minimum atomic E-state index is 0.113. The van der Waals surface area contributed by atoms with Gasteiger partial charge in [0.2, 0.25) is 5.91 Å². The second-order valence-electron chi connectivity index (χ2n) is 6.90. The minimum Gasteiger partial charge on any atom is -0.493 e. The van der Waals surface area contributed by atoms with Crippen LogP contribution >= 0.6 is 0 Å². The summed E-state index contributed by atoms with van der Waals surface area (Å²) in [6, 6.07) is 15.9. The Morgan fingerprint density at radius 1 is 1.10 bits per heavy atom. The van der Waals surface area contributed by atoms with Gasteiger partial charge in [0, 0.05) is 19.5 Å². The minimum absolute atomic E-state index is 0.113. The normalized spacial score (nSPS) is 14.7. The van der Waals surface area contributed by atoms with Crippen LogP contribution < -0.4 is 9.47 Å². The number of carbonyl (C=O) groups excluding carboxylic acids is 1. The molecule has 0 aromatic heterocycles. The fourth-order valence-corrected chi connectivity index (χ4v) is 3.29. The predicted molar refractivity (Wildman–Crippen MR) is 120 cm³/mol. The van der Waals surface area contributed by atoms with Gasteiger partial charge in [-0.15, -0.1) is 0 Å². The number of hydrogen-bond acceptors (Lipinski definition) is 4. The standard InChI is InChI=1S/C25H29NO4/c1-3-30-23-13-11-22(19-24(23)28-2)21(10-9-20-7-5-4-6-8-20)12-14-25(27)26-15-17-29-18-16-26/h4-13,19H,3,14-18H2,1-2H3. The lowest BCUT2D eigenvalue weighted by molar-refractivity contribution is -0.134. The van der Waals surface area contributed by atoms with Crippen molar-refractivity contribution in [3.63, 3.8) is 0 Å². The first kappa shape index (κ1) is 21.7. The van der Waals surface area contributed by atoms with Crippen LogP contribution in [0.15, 0.2) is 60.7 Å². The Kier molecular flexibility index (Phi) is 8.10. The van der Waals surface area contributed by atoms with E-state index in [1.54, 1.807) is 7.11 Å². The molecule has 1 saturated heterocycles. The number of benzene rings is 2. The first-order valence-electron chi connectivity index (χ1n) is 10.3. The van der Waals surface area contributed by atoms with E-state index in [1.807, 2.05) is 78.6 Å². The molecule has 1 fully saturated rings. The number of nitrogens with zero attached hydrogens (tertiary/aromatic N) is 1. The van der Waals surface area contributed by atoms with E-state index in [9.17, 15) is 4.79 Å². The van der Waals surface area contributed by atoms with E-state index in [0.717, 1.165) is 16.7 Å². The Balaban J connectivity index is 1.86. The quantitative estimate of drug-likeness (QED) is 0.607. The molecule has 3 rings (SSSR count). The number of allylic oxidation sites excluding steroid dienone is 2. The third kappa shape index (κ3) is 5.97. The number of hydrogen-bond donors (Lipinski definition) is 0. The second-order valence-corrected chi connectivity index (χ2v) is 6.90. The summed E-state index contributed by atoms with van der Waals surface area (Å²) in [7, 11) is 1.63. The first-order valence-corrected chi connectivity index (χ1v) is 10.3. The van der Waals surface area contributed by atoms with E-state index in [1.165, 1.54) is 0 Å². The number of ether oxygens (including phenoxy) is 3. The highest BCUT2D eigenvalue weighted by molar-refractivity contribution is 5.85. The van der Waals surface area contributed by atoms with Crippen molar-refractivity contribution >= 4 is 17.6 Å². The molecule has 0 unspecified atom stereocenters. The van der Waals surface area contributed by atoms with Gasteiger partial charge in [-0.2, -0.15) is 0 Å². The van der Waals surface area contributed by atoms with Gasteiger partial charge < -0.3 is 19.1 Å². The first-order chi connectivity index (χ1) is 14.7. The largest absolute Gasteiger partial charge is 0.493 e. The Morgan fingerprint density at radius 3 is 2.57 bits per heavy atom. The smallest absolute Gasteiger partial charge is 0.226 e. The van der Waals surface area contributed by atoms with Crippen LogP contribution in [0.1, 0.15) is 24.5 Å². The van der Waals surface area contributed by atoms with Gasteiger partial charge in [-0.3, -0.25) is 4.79 Å². The molecule has 0 aliphatic carbocycles. The maximum atomic E-state index is 12.6. The third-order valence-corrected chi connectivity index (χ3v) is 4.91. The van der Waals surface area contributed by atoms with Crippen molar-refractivity contribution in [2.45, 2.75) is 13.3 Å². The lowest BCUT2D eigenvalue weighted by atomic mass is 10.0. The summed E-state index contributed by atoms with van der Waals surface area (Å²) >= 11 is 0. The van der Waals surface area contributed by atoms with Crippen LogP contribution in [-0.4, -0.2) is 50.8 Å². The molecule has 0 saturated carbocycles. The average molecular weight is 408 g/mol. The van der Waals surface area contributed by atoms with Gasteiger partial charge in [0.15, 0.2) is 11.5 Å². The highest BCUT2D eigenvalue weighted by Crippen LogP contribution is 2.31. The molecule has 0 spiro atoms. The molecule has 5 nitrogen and oxygen atoms in total. The maximum Gasteiger partial charge on any atom is 0.226 e. The summed E-state index contributed by atoms with van der Waals surface area (Å²) in [6.07, 6.45) is 6.40. The molecule has 2 aromatic rings. The number of rotatable bonds is 8. The van der Waals surface area contributed by atoms with E-state index >= 15 is 0 Å². The summed E-state index contributed by atoms with van der Waals surface area (Å²) in [5.41, 5.74) is 3.03. The van der Waals surface area contributed by atoms with E-state index in [-0.39, 0.29) is 5.91 Å². The van der Waals surface area contributed by atoms with Crippen molar-refractivity contribution in [1.29, 1.82) is 0 Å². The van der Waals surface area contributed by atoms with Gasteiger partial charge in [0.25, 0.3) is 0 Å². The molecule has 0 N–H and O–H groups in total. The van der Waals surface area contributed by atoms with E-state index in [4.69, 9.17) is 14.2 Å². The van der Waals surface area contributed by atoms with Gasteiger partial charge in [-0.25, -0.2) is 0 Å². The van der Waals surface area contributed by atoms with E-state index in [2.05, 4.69) is 0 Å². The van der Waals surface area contributed by atoms with Crippen LogP contribution in [0.25, 0.3) is 11.6 Å². The molecule has 0 atom stereocenters. The Hall–Kier alpha value is -3.05. The molecular formula is C25H29NO4. The fraction of sp³-hybridized carbons (Fsp3) is 0.320. The zero-order valence-electron chi connectivity index (χ0n) is 17.7. The molecule has 0 bridgehead atoms. The number of methoxy groups -OCH3 is 1. The lowest BCUT2D eigenvalue weighted by Gasteiger charge is -2.26. The van der Waals surface area contributed by atoms with Crippen LogP contribution in [0.5, 0.6) is 11.5 Å². The highest BCUT2D eigenvalue weighted by Gasteiger charge is 2.16. The molecule has 1 amide bonds. The highest BCUT2D eigenvalue weighted by atomic mass is 16.5. The number of carbonyl (C=O) groups is 1. The van der Waals surface area contributed by atoms with Gasteiger partial charge in [0.1, 0.15) is 0 Å². The van der Waals surface area contributed by atoms with Gasteiger partial charge in [0.05, 0.1) is 26.9 Å². The summed E-state index contributed by atoms with van der Waals surface area (Å²) < 4.78 is 16.5. The topological polar surface area (TPSA) is 48.0 Å². The molecule has 1 aliphatic heterocycles. The Bertz CT molecular complexity index is 883. The molecule has 2 aromatic carbocycles. The molecule has 30 heavy (non-hydrogen) atoms. The van der Waals surface area contributed by atoms with Gasteiger partial charge in [-0.05, 0) is 35.8 Å². The van der Waals surface area contributed by atoms with Crippen LogP contribution in [-0.2, 0) is 9.53 Å². The Labute approximate surface area is 178 Å². The summed E-state index contributed by atoms with van der Waals surface area (Å²) in [6.45, 7) is 5.02. The van der Waals surface area contributed by atoms with Crippen LogP contribution in [0.2, 0.25) is 0 Å².